The van der Waals surface area contributed by atoms with Crippen molar-refractivity contribution in [1.82, 2.24) is 29.9 Å². The Bertz CT molecular complexity index is 1430. The first kappa shape index (κ1) is 23.5. The molecular formula is C26H29N7O3. The number of rotatable bonds is 6. The van der Waals surface area contributed by atoms with Crippen molar-refractivity contribution in [2.45, 2.75) is 39.2 Å². The number of carbonyl (C=O) groups is 1. The van der Waals surface area contributed by atoms with Gasteiger partial charge in [0.25, 0.3) is 5.56 Å². The minimum absolute atomic E-state index is 0.105. The molecule has 1 fully saturated rings. The second kappa shape index (κ2) is 10.2. The minimum Gasteiger partial charge on any atom is -0.492 e. The van der Waals surface area contributed by atoms with Crippen LogP contribution in [0, 0.1) is 6.92 Å². The van der Waals surface area contributed by atoms with E-state index in [0.717, 1.165) is 18.4 Å². The molecule has 4 aromatic rings. The summed E-state index contributed by atoms with van der Waals surface area (Å²) in [5.74, 6) is 1.08. The lowest BCUT2D eigenvalue weighted by atomic mass is 9.97. The maximum Gasteiger partial charge on any atom is 0.321 e. The van der Waals surface area contributed by atoms with Gasteiger partial charge in [-0.25, -0.2) is 14.5 Å². The second-order valence-corrected chi connectivity index (χ2v) is 9.00. The number of piperidine rings is 1. The molecule has 2 amide bonds. The van der Waals surface area contributed by atoms with Crippen LogP contribution in [0.25, 0.3) is 11.2 Å². The van der Waals surface area contributed by atoms with Crippen molar-refractivity contribution < 1.29 is 9.53 Å². The average Bonchev–Trinajstić information content (AvgIpc) is 3.30. The number of carbonyl (C=O) groups excluding carboxylic acids is 1. The Labute approximate surface area is 208 Å². The first-order chi connectivity index (χ1) is 17.5. The van der Waals surface area contributed by atoms with Gasteiger partial charge < -0.3 is 19.9 Å². The molecule has 1 aliphatic rings. The maximum atomic E-state index is 13.1. The number of hydrogen-bond acceptors (Lipinski definition) is 6. The lowest BCUT2D eigenvalue weighted by molar-refractivity contribution is 0.191. The van der Waals surface area contributed by atoms with Crippen molar-refractivity contribution in [1.29, 1.82) is 0 Å². The fourth-order valence-corrected chi connectivity index (χ4v) is 4.48. The summed E-state index contributed by atoms with van der Waals surface area (Å²) in [6.07, 6.45) is 1.61. The predicted octanol–water partition coefficient (Wildman–Crippen LogP) is 3.68. The van der Waals surface area contributed by atoms with Crippen LogP contribution in [-0.2, 0) is 6.54 Å². The maximum absolute atomic E-state index is 13.1. The van der Waals surface area contributed by atoms with Gasteiger partial charge >= 0.3 is 6.03 Å². The van der Waals surface area contributed by atoms with E-state index >= 15 is 0 Å². The largest absolute Gasteiger partial charge is 0.492 e. The number of hydrogen-bond donors (Lipinski definition) is 2. The van der Waals surface area contributed by atoms with E-state index in [1.54, 1.807) is 9.58 Å². The van der Waals surface area contributed by atoms with Crippen molar-refractivity contribution in [3.05, 3.63) is 75.8 Å². The number of aromatic amines is 1. The molecule has 0 aliphatic carbocycles. The number of benzene rings is 2. The highest BCUT2D eigenvalue weighted by Crippen LogP contribution is 2.27. The predicted molar refractivity (Wildman–Crippen MR) is 136 cm³/mol. The normalized spacial score (nSPS) is 15.7. The number of ether oxygens (including phenoxy) is 1. The third kappa shape index (κ3) is 4.93. The number of H-pyrrole nitrogens is 1. The van der Waals surface area contributed by atoms with Crippen molar-refractivity contribution in [2.75, 3.05) is 25.0 Å². The molecule has 1 aliphatic heterocycles. The molecule has 0 radical (unpaired) electrons. The van der Waals surface area contributed by atoms with Gasteiger partial charge in [-0.3, -0.25) is 4.79 Å². The van der Waals surface area contributed by atoms with Gasteiger partial charge in [-0.1, -0.05) is 47.2 Å². The molecular weight excluding hydrogens is 458 g/mol. The van der Waals surface area contributed by atoms with Crippen LogP contribution in [0.2, 0.25) is 0 Å². The number of aromatic nitrogens is 5. The Morgan fingerprint density at radius 2 is 2.00 bits per heavy atom. The number of amides is 2. The third-order valence-electron chi connectivity index (χ3n) is 6.37. The van der Waals surface area contributed by atoms with E-state index in [9.17, 15) is 9.59 Å². The number of nitrogens with one attached hydrogen (secondary N) is 2. The highest BCUT2D eigenvalue weighted by Gasteiger charge is 2.28. The van der Waals surface area contributed by atoms with Crippen LogP contribution in [0.1, 0.15) is 42.6 Å². The summed E-state index contributed by atoms with van der Waals surface area (Å²) in [6.45, 7) is 5.98. The molecule has 10 heteroatoms. The zero-order valence-electron chi connectivity index (χ0n) is 20.4. The van der Waals surface area contributed by atoms with Crippen molar-refractivity contribution in [3.63, 3.8) is 0 Å². The number of fused-ring (bicyclic) bond motifs is 1. The fourth-order valence-electron chi connectivity index (χ4n) is 4.48. The smallest absolute Gasteiger partial charge is 0.321 e. The molecule has 2 aromatic carbocycles. The summed E-state index contributed by atoms with van der Waals surface area (Å²) >= 11 is 0. The van der Waals surface area contributed by atoms with Crippen LogP contribution < -0.4 is 15.6 Å². The van der Waals surface area contributed by atoms with Crippen LogP contribution in [0.4, 0.5) is 10.5 Å². The number of aryl methyl sites for hydroxylation is 1. The second-order valence-electron chi connectivity index (χ2n) is 9.00. The molecule has 10 nitrogen and oxygen atoms in total. The van der Waals surface area contributed by atoms with E-state index in [-0.39, 0.29) is 23.0 Å². The zero-order chi connectivity index (χ0) is 25.1. The average molecular weight is 488 g/mol. The van der Waals surface area contributed by atoms with E-state index in [2.05, 4.69) is 20.6 Å². The third-order valence-corrected chi connectivity index (χ3v) is 6.37. The summed E-state index contributed by atoms with van der Waals surface area (Å²) in [4.78, 5) is 35.2. The number of urea groups is 1. The van der Waals surface area contributed by atoms with Crippen LogP contribution >= 0.6 is 0 Å². The molecule has 0 bridgehead atoms. The summed E-state index contributed by atoms with van der Waals surface area (Å²) in [5, 5.41) is 11.2. The van der Waals surface area contributed by atoms with Gasteiger partial charge in [-0.15, -0.1) is 5.10 Å². The Morgan fingerprint density at radius 3 is 2.81 bits per heavy atom. The first-order valence-corrected chi connectivity index (χ1v) is 12.2. The summed E-state index contributed by atoms with van der Waals surface area (Å²) < 4.78 is 7.27. The molecule has 2 aromatic heterocycles. The van der Waals surface area contributed by atoms with Crippen LogP contribution in [0.5, 0.6) is 5.75 Å². The molecule has 2 N–H and O–H groups in total. The van der Waals surface area contributed by atoms with Crippen molar-refractivity contribution >= 4 is 22.9 Å². The van der Waals surface area contributed by atoms with Gasteiger partial charge in [0.15, 0.2) is 11.2 Å². The monoisotopic (exact) mass is 487 g/mol. The number of likely N-dealkylation sites (tertiary alicyclic amines) is 1. The number of anilines is 1. The van der Waals surface area contributed by atoms with Gasteiger partial charge in [0.05, 0.1) is 18.8 Å². The molecule has 36 heavy (non-hydrogen) atoms. The lowest BCUT2D eigenvalue weighted by Gasteiger charge is -2.32. The molecule has 0 saturated carbocycles. The van der Waals surface area contributed by atoms with E-state index in [1.165, 1.54) is 5.56 Å². The van der Waals surface area contributed by atoms with E-state index in [4.69, 9.17) is 9.72 Å². The van der Waals surface area contributed by atoms with Crippen LogP contribution in [0.15, 0.2) is 53.3 Å². The minimum atomic E-state index is -0.322. The Morgan fingerprint density at radius 1 is 1.19 bits per heavy atom. The van der Waals surface area contributed by atoms with Gasteiger partial charge in [0.2, 0.25) is 0 Å². The first-order valence-electron chi connectivity index (χ1n) is 12.2. The Kier molecular flexibility index (Phi) is 6.66. The van der Waals surface area contributed by atoms with Crippen LogP contribution in [0.3, 0.4) is 0 Å². The van der Waals surface area contributed by atoms with Gasteiger partial charge in [0.1, 0.15) is 11.6 Å². The summed E-state index contributed by atoms with van der Waals surface area (Å²) in [6, 6.07) is 15.3. The van der Waals surface area contributed by atoms with Crippen molar-refractivity contribution in [3.8, 4) is 5.75 Å². The van der Waals surface area contributed by atoms with E-state index in [0.29, 0.717) is 49.1 Å². The van der Waals surface area contributed by atoms with E-state index in [1.807, 2.05) is 62.4 Å². The summed E-state index contributed by atoms with van der Waals surface area (Å²) in [5.41, 5.74) is 3.18. The Hall–Kier alpha value is -4.21. The lowest BCUT2D eigenvalue weighted by Crippen LogP contribution is -2.42. The van der Waals surface area contributed by atoms with Gasteiger partial charge in [-0.05, 0) is 44.4 Å². The van der Waals surface area contributed by atoms with Crippen molar-refractivity contribution in [2.24, 2.45) is 0 Å². The topological polar surface area (TPSA) is 118 Å². The van der Waals surface area contributed by atoms with Gasteiger partial charge in [-0.2, -0.15) is 0 Å². The molecule has 3 heterocycles. The quantitative estimate of drug-likeness (QED) is 0.428. The van der Waals surface area contributed by atoms with Gasteiger partial charge in [0, 0.05) is 19.0 Å². The van der Waals surface area contributed by atoms with E-state index < -0.39 is 0 Å². The highest BCUT2D eigenvalue weighted by atomic mass is 16.5. The highest BCUT2D eigenvalue weighted by molar-refractivity contribution is 5.91. The molecule has 1 atom stereocenters. The Balaban J connectivity index is 1.35. The fraction of sp³-hybridized carbons (Fsp3) is 0.346. The molecule has 0 unspecified atom stereocenters. The molecule has 1 saturated heterocycles. The molecule has 0 spiro atoms. The summed E-state index contributed by atoms with van der Waals surface area (Å²) in [7, 11) is 0. The van der Waals surface area contributed by atoms with Crippen LogP contribution in [-0.4, -0.2) is 55.6 Å². The molecule has 186 valence electrons. The SMILES string of the molecule is CCOc1ccccc1NC(=O)N1CCC[C@@H](c2nc3c(nnn3Cc3ccc(C)cc3)c(=O)[nH]2)C1. The zero-order valence-corrected chi connectivity index (χ0v) is 20.4. The standard InChI is InChI=1S/C26H29N7O3/c1-3-36-21-9-5-4-8-20(21)27-26(35)32-14-6-7-19(16-32)23-28-24-22(25(34)29-23)30-31-33(24)15-18-12-10-17(2)11-13-18/h4-5,8-13,19H,3,6-7,14-16H2,1-2H3,(H,27,35)(H,28,29,34)/t19-/m1/s1. The molecule has 5 rings (SSSR count). The number of nitrogens with zero attached hydrogens (tertiary/aromatic N) is 5. The number of para-hydroxylation sites is 2.